The molecular weight excluding hydrogens is 325 g/mol. The second kappa shape index (κ2) is 7.31. The van der Waals surface area contributed by atoms with Crippen molar-refractivity contribution in [3.05, 3.63) is 28.2 Å². The van der Waals surface area contributed by atoms with E-state index in [1.54, 1.807) is 18.2 Å². The van der Waals surface area contributed by atoms with Crippen molar-refractivity contribution >= 4 is 40.7 Å². The van der Waals surface area contributed by atoms with Gasteiger partial charge in [0.05, 0.1) is 27.6 Å². The lowest BCUT2D eigenvalue weighted by Gasteiger charge is -2.10. The molecule has 1 saturated carbocycles. The number of nitrogens with zero attached hydrogens (tertiary/aromatic N) is 1. The number of carbonyl (C=O) groups excluding carboxylic acids is 2. The van der Waals surface area contributed by atoms with E-state index in [1.165, 1.54) is 0 Å². The average molecular weight is 344 g/mol. The molecule has 120 valence electrons. The zero-order chi connectivity index (χ0) is 16.3. The number of nitrogens with one attached hydrogen (secondary N) is 2. The first-order valence-electron chi connectivity index (χ1n) is 7.07. The van der Waals surface area contributed by atoms with Crippen LogP contribution < -0.4 is 10.6 Å². The van der Waals surface area contributed by atoms with Gasteiger partial charge in [-0.05, 0) is 32.6 Å². The largest absolute Gasteiger partial charge is 0.355 e. The lowest BCUT2D eigenvalue weighted by Crippen LogP contribution is -2.33. The van der Waals surface area contributed by atoms with Crippen LogP contribution in [0, 0.1) is 11.8 Å². The fourth-order valence-electron chi connectivity index (χ4n) is 2.13. The highest BCUT2D eigenvalue weighted by Crippen LogP contribution is 2.40. The summed E-state index contributed by atoms with van der Waals surface area (Å²) in [5.41, 5.74) is 0.470. The highest BCUT2D eigenvalue weighted by Gasteiger charge is 2.47. The molecule has 2 amide bonds. The molecule has 0 radical (unpaired) electrons. The maximum Gasteiger partial charge on any atom is 0.228 e. The van der Waals surface area contributed by atoms with E-state index in [4.69, 9.17) is 23.2 Å². The van der Waals surface area contributed by atoms with Gasteiger partial charge in [-0.3, -0.25) is 9.59 Å². The summed E-state index contributed by atoms with van der Waals surface area (Å²) in [7, 11) is 3.88. The Morgan fingerprint density at radius 3 is 2.59 bits per heavy atom. The quantitative estimate of drug-likeness (QED) is 0.832. The fourth-order valence-corrected chi connectivity index (χ4v) is 2.48. The van der Waals surface area contributed by atoms with Gasteiger partial charge in [-0.15, -0.1) is 0 Å². The van der Waals surface area contributed by atoms with E-state index >= 15 is 0 Å². The molecule has 1 aromatic rings. The van der Waals surface area contributed by atoms with Gasteiger partial charge in [0.2, 0.25) is 11.8 Å². The van der Waals surface area contributed by atoms with E-state index in [9.17, 15) is 9.59 Å². The first kappa shape index (κ1) is 17.1. The Hall–Kier alpha value is -1.30. The standard InChI is InChI=1S/C15H19Cl2N3O2/c1-20(2)7-6-18-14(21)9-8-10(9)15(22)19-12-5-3-4-11(16)13(12)17/h3-5,9-10H,6-8H2,1-2H3,(H,18,21)(H,19,22). The van der Waals surface area contributed by atoms with Gasteiger partial charge in [-0.2, -0.15) is 0 Å². The first-order chi connectivity index (χ1) is 10.4. The maximum absolute atomic E-state index is 12.1. The third kappa shape index (κ3) is 4.35. The first-order valence-corrected chi connectivity index (χ1v) is 7.83. The van der Waals surface area contributed by atoms with E-state index in [2.05, 4.69) is 10.6 Å². The van der Waals surface area contributed by atoms with Crippen molar-refractivity contribution in [2.75, 3.05) is 32.5 Å². The second-order valence-corrected chi connectivity index (χ2v) is 6.42. The van der Waals surface area contributed by atoms with E-state index in [0.717, 1.165) is 6.54 Å². The SMILES string of the molecule is CN(C)CCNC(=O)C1CC1C(=O)Nc1cccc(Cl)c1Cl. The van der Waals surface area contributed by atoms with Gasteiger partial charge in [0, 0.05) is 13.1 Å². The molecule has 1 aliphatic rings. The molecule has 2 unspecified atom stereocenters. The van der Waals surface area contributed by atoms with Gasteiger partial charge in [0.25, 0.3) is 0 Å². The molecular formula is C15H19Cl2N3O2. The summed E-state index contributed by atoms with van der Waals surface area (Å²) in [4.78, 5) is 26.0. The molecule has 1 fully saturated rings. The molecule has 0 heterocycles. The fraction of sp³-hybridized carbons (Fsp3) is 0.467. The summed E-state index contributed by atoms with van der Waals surface area (Å²) in [6.45, 7) is 1.35. The number of likely N-dealkylation sites (N-methyl/N-ethyl adjacent to an activating group) is 1. The highest BCUT2D eigenvalue weighted by molar-refractivity contribution is 6.44. The van der Waals surface area contributed by atoms with Crippen molar-refractivity contribution in [1.29, 1.82) is 0 Å². The monoisotopic (exact) mass is 343 g/mol. The van der Waals surface area contributed by atoms with Crippen molar-refractivity contribution in [1.82, 2.24) is 10.2 Å². The van der Waals surface area contributed by atoms with E-state index < -0.39 is 0 Å². The molecule has 7 heteroatoms. The third-order valence-corrected chi connectivity index (χ3v) is 4.35. The topological polar surface area (TPSA) is 61.4 Å². The number of rotatable bonds is 6. The number of carbonyl (C=O) groups is 2. The number of hydrogen-bond donors (Lipinski definition) is 2. The molecule has 0 aliphatic heterocycles. The predicted octanol–water partition coefficient (Wildman–Crippen LogP) is 2.25. The maximum atomic E-state index is 12.1. The summed E-state index contributed by atoms with van der Waals surface area (Å²) < 4.78 is 0. The van der Waals surface area contributed by atoms with E-state index in [-0.39, 0.29) is 23.7 Å². The van der Waals surface area contributed by atoms with Crippen LogP contribution in [0.2, 0.25) is 10.0 Å². The molecule has 0 bridgehead atoms. The zero-order valence-corrected chi connectivity index (χ0v) is 14.0. The lowest BCUT2D eigenvalue weighted by molar-refractivity contribution is -0.125. The molecule has 1 aliphatic carbocycles. The zero-order valence-electron chi connectivity index (χ0n) is 12.5. The minimum atomic E-state index is -0.297. The van der Waals surface area contributed by atoms with Crippen molar-refractivity contribution < 1.29 is 9.59 Å². The summed E-state index contributed by atoms with van der Waals surface area (Å²) in [6, 6.07) is 5.04. The Morgan fingerprint density at radius 1 is 1.23 bits per heavy atom. The Morgan fingerprint density at radius 2 is 1.91 bits per heavy atom. The predicted molar refractivity (Wildman–Crippen MR) is 88.3 cm³/mol. The van der Waals surface area contributed by atoms with Crippen LogP contribution in [-0.4, -0.2) is 43.9 Å². The van der Waals surface area contributed by atoms with Crippen LogP contribution in [0.1, 0.15) is 6.42 Å². The number of benzene rings is 1. The second-order valence-electron chi connectivity index (χ2n) is 5.63. The van der Waals surface area contributed by atoms with Crippen LogP contribution in [0.25, 0.3) is 0 Å². The molecule has 0 aromatic heterocycles. The molecule has 2 atom stereocenters. The number of halogens is 2. The van der Waals surface area contributed by atoms with Gasteiger partial charge in [-0.1, -0.05) is 29.3 Å². The minimum Gasteiger partial charge on any atom is -0.355 e. The summed E-state index contributed by atoms with van der Waals surface area (Å²) >= 11 is 11.9. The van der Waals surface area contributed by atoms with Gasteiger partial charge in [-0.25, -0.2) is 0 Å². The van der Waals surface area contributed by atoms with Gasteiger partial charge >= 0.3 is 0 Å². The smallest absolute Gasteiger partial charge is 0.228 e. The Labute approximate surface area is 139 Å². The van der Waals surface area contributed by atoms with Crippen LogP contribution >= 0.6 is 23.2 Å². The van der Waals surface area contributed by atoms with Crippen LogP contribution in [0.3, 0.4) is 0 Å². The summed E-state index contributed by atoms with van der Waals surface area (Å²) in [5.74, 6) is -0.814. The van der Waals surface area contributed by atoms with Crippen LogP contribution in [0.4, 0.5) is 5.69 Å². The summed E-state index contributed by atoms with van der Waals surface area (Å²) in [6.07, 6.45) is 0.567. The number of anilines is 1. The van der Waals surface area contributed by atoms with E-state index in [1.807, 2.05) is 19.0 Å². The number of hydrogen-bond acceptors (Lipinski definition) is 3. The molecule has 22 heavy (non-hydrogen) atoms. The Bertz CT molecular complexity index is 578. The highest BCUT2D eigenvalue weighted by atomic mass is 35.5. The third-order valence-electron chi connectivity index (χ3n) is 3.53. The van der Waals surface area contributed by atoms with Gasteiger partial charge < -0.3 is 15.5 Å². The van der Waals surface area contributed by atoms with Crippen LogP contribution in [-0.2, 0) is 9.59 Å². The van der Waals surface area contributed by atoms with Gasteiger partial charge in [0.1, 0.15) is 0 Å². The number of amides is 2. The molecule has 1 aromatic carbocycles. The van der Waals surface area contributed by atoms with Crippen molar-refractivity contribution in [2.45, 2.75) is 6.42 Å². The van der Waals surface area contributed by atoms with Crippen LogP contribution in [0.15, 0.2) is 18.2 Å². The van der Waals surface area contributed by atoms with Crippen molar-refractivity contribution in [2.24, 2.45) is 11.8 Å². The Balaban J connectivity index is 1.83. The summed E-state index contributed by atoms with van der Waals surface area (Å²) in [5, 5.41) is 6.26. The molecule has 0 spiro atoms. The Kier molecular flexibility index (Phi) is 5.67. The normalized spacial score (nSPS) is 19.9. The van der Waals surface area contributed by atoms with Gasteiger partial charge in [0.15, 0.2) is 0 Å². The van der Waals surface area contributed by atoms with Crippen molar-refractivity contribution in [3.63, 3.8) is 0 Å². The molecule has 2 rings (SSSR count). The van der Waals surface area contributed by atoms with Crippen molar-refractivity contribution in [3.8, 4) is 0 Å². The lowest BCUT2D eigenvalue weighted by atomic mass is 10.2. The molecule has 2 N–H and O–H groups in total. The van der Waals surface area contributed by atoms with Crippen LogP contribution in [0.5, 0.6) is 0 Å². The average Bonchev–Trinajstić information content (AvgIpc) is 3.24. The minimum absolute atomic E-state index is 0.0702. The molecule has 0 saturated heterocycles. The molecule has 5 nitrogen and oxygen atoms in total. The van der Waals surface area contributed by atoms with E-state index in [0.29, 0.717) is 28.7 Å².